The summed E-state index contributed by atoms with van der Waals surface area (Å²) in [4.78, 5) is 21.0. The van der Waals surface area contributed by atoms with Crippen LogP contribution in [-0.4, -0.2) is 35.4 Å². The van der Waals surface area contributed by atoms with Gasteiger partial charge in [0.15, 0.2) is 0 Å². The van der Waals surface area contributed by atoms with Crippen LogP contribution in [0.5, 0.6) is 0 Å². The van der Waals surface area contributed by atoms with Crippen molar-refractivity contribution in [2.75, 3.05) is 18.5 Å². The molecular weight excluding hydrogens is 274 g/mol. The standard InChI is InChI=1S/C18H21N3O/c1-20(14-15-7-5-11-19-13-15)17-10-6-12-21(18(17)22)16-8-3-2-4-9-16/h2-5,7-9,11,13,17H,6,10,12,14H2,1H3. The molecule has 1 saturated heterocycles. The molecule has 1 aromatic heterocycles. The zero-order valence-corrected chi connectivity index (χ0v) is 12.9. The number of likely N-dealkylation sites (N-methyl/N-ethyl adjacent to an activating group) is 1. The van der Waals surface area contributed by atoms with E-state index in [0.29, 0.717) is 0 Å². The lowest BCUT2D eigenvalue weighted by atomic mass is 10.0. The molecule has 1 aliphatic heterocycles. The van der Waals surface area contributed by atoms with Crippen molar-refractivity contribution >= 4 is 11.6 Å². The van der Waals surface area contributed by atoms with E-state index in [1.165, 1.54) is 0 Å². The molecule has 1 amide bonds. The Morgan fingerprint density at radius 3 is 2.77 bits per heavy atom. The number of piperidine rings is 1. The molecule has 1 atom stereocenters. The Balaban J connectivity index is 1.72. The summed E-state index contributed by atoms with van der Waals surface area (Å²) in [7, 11) is 2.02. The first-order chi connectivity index (χ1) is 10.8. The molecule has 2 heterocycles. The molecule has 1 fully saturated rings. The van der Waals surface area contributed by atoms with E-state index in [4.69, 9.17) is 0 Å². The molecule has 0 aliphatic carbocycles. The lowest BCUT2D eigenvalue weighted by Gasteiger charge is -2.36. The van der Waals surface area contributed by atoms with E-state index in [-0.39, 0.29) is 11.9 Å². The third-order valence-electron chi connectivity index (χ3n) is 4.17. The van der Waals surface area contributed by atoms with Gasteiger partial charge in [-0.2, -0.15) is 0 Å². The Hall–Kier alpha value is -2.20. The van der Waals surface area contributed by atoms with Gasteiger partial charge in [0.25, 0.3) is 0 Å². The summed E-state index contributed by atoms with van der Waals surface area (Å²) in [5.74, 6) is 0.198. The van der Waals surface area contributed by atoms with Gasteiger partial charge >= 0.3 is 0 Å². The first-order valence-corrected chi connectivity index (χ1v) is 7.71. The Bertz CT molecular complexity index is 615. The van der Waals surface area contributed by atoms with Gasteiger partial charge in [-0.15, -0.1) is 0 Å². The number of carbonyl (C=O) groups is 1. The number of aromatic nitrogens is 1. The second-order valence-electron chi connectivity index (χ2n) is 5.76. The van der Waals surface area contributed by atoms with Crippen LogP contribution in [0.25, 0.3) is 0 Å². The molecule has 22 heavy (non-hydrogen) atoms. The third-order valence-corrected chi connectivity index (χ3v) is 4.17. The molecule has 0 N–H and O–H groups in total. The quantitative estimate of drug-likeness (QED) is 0.870. The fourth-order valence-electron chi connectivity index (χ4n) is 3.02. The van der Waals surface area contributed by atoms with Crippen molar-refractivity contribution in [3.8, 4) is 0 Å². The van der Waals surface area contributed by atoms with Crippen LogP contribution in [-0.2, 0) is 11.3 Å². The smallest absolute Gasteiger partial charge is 0.244 e. The Morgan fingerprint density at radius 1 is 1.23 bits per heavy atom. The highest BCUT2D eigenvalue weighted by Crippen LogP contribution is 2.23. The van der Waals surface area contributed by atoms with Gasteiger partial charge in [0.05, 0.1) is 6.04 Å². The minimum Gasteiger partial charge on any atom is -0.311 e. The number of benzene rings is 1. The molecule has 1 unspecified atom stereocenters. The number of anilines is 1. The Morgan fingerprint density at radius 2 is 2.05 bits per heavy atom. The highest BCUT2D eigenvalue weighted by molar-refractivity contribution is 5.97. The van der Waals surface area contributed by atoms with Gasteiger partial charge in [-0.25, -0.2) is 0 Å². The van der Waals surface area contributed by atoms with Crippen LogP contribution >= 0.6 is 0 Å². The molecule has 114 valence electrons. The number of amides is 1. The van der Waals surface area contributed by atoms with Crippen molar-refractivity contribution < 1.29 is 4.79 Å². The van der Waals surface area contributed by atoms with Crippen molar-refractivity contribution in [3.63, 3.8) is 0 Å². The number of nitrogens with zero attached hydrogens (tertiary/aromatic N) is 3. The molecule has 0 bridgehead atoms. The third kappa shape index (κ3) is 3.17. The van der Waals surface area contributed by atoms with Crippen molar-refractivity contribution in [1.29, 1.82) is 0 Å². The number of hydrogen-bond donors (Lipinski definition) is 0. The maximum atomic E-state index is 12.8. The first-order valence-electron chi connectivity index (χ1n) is 7.71. The molecule has 1 aliphatic rings. The van der Waals surface area contributed by atoms with Crippen LogP contribution in [0.15, 0.2) is 54.9 Å². The van der Waals surface area contributed by atoms with Gasteiger partial charge in [-0.3, -0.25) is 14.7 Å². The lowest BCUT2D eigenvalue weighted by Crippen LogP contribution is -2.51. The summed E-state index contributed by atoms with van der Waals surface area (Å²) < 4.78 is 0. The number of para-hydroxylation sites is 1. The largest absolute Gasteiger partial charge is 0.311 e. The summed E-state index contributed by atoms with van der Waals surface area (Å²) in [5.41, 5.74) is 2.13. The van der Waals surface area contributed by atoms with Gasteiger partial charge in [0, 0.05) is 31.2 Å². The van der Waals surface area contributed by atoms with Crippen LogP contribution in [0.1, 0.15) is 18.4 Å². The van der Waals surface area contributed by atoms with Crippen LogP contribution < -0.4 is 4.90 Å². The summed E-state index contributed by atoms with van der Waals surface area (Å²) in [6.45, 7) is 1.55. The maximum Gasteiger partial charge on any atom is 0.244 e. The summed E-state index contributed by atoms with van der Waals surface area (Å²) in [6, 6.07) is 13.9. The monoisotopic (exact) mass is 295 g/mol. The van der Waals surface area contributed by atoms with E-state index < -0.39 is 0 Å². The number of rotatable bonds is 4. The maximum absolute atomic E-state index is 12.8. The summed E-state index contributed by atoms with van der Waals surface area (Å²) >= 11 is 0. The zero-order chi connectivity index (χ0) is 15.4. The topological polar surface area (TPSA) is 36.4 Å². The fourth-order valence-corrected chi connectivity index (χ4v) is 3.02. The lowest BCUT2D eigenvalue weighted by molar-refractivity contribution is -0.125. The van der Waals surface area contributed by atoms with E-state index in [1.54, 1.807) is 6.20 Å². The minimum absolute atomic E-state index is 0.0610. The molecule has 0 spiro atoms. The molecule has 0 saturated carbocycles. The molecule has 2 aromatic rings. The number of carbonyl (C=O) groups excluding carboxylic acids is 1. The fraction of sp³-hybridized carbons (Fsp3) is 0.333. The summed E-state index contributed by atoms with van der Waals surface area (Å²) in [5, 5.41) is 0. The molecular formula is C18H21N3O. The zero-order valence-electron chi connectivity index (χ0n) is 12.9. The first kappa shape index (κ1) is 14.7. The van der Waals surface area contributed by atoms with E-state index in [2.05, 4.69) is 9.88 Å². The van der Waals surface area contributed by atoms with E-state index >= 15 is 0 Å². The van der Waals surface area contributed by atoms with Gasteiger partial charge in [0.2, 0.25) is 5.91 Å². The van der Waals surface area contributed by atoms with Crippen LogP contribution in [0.3, 0.4) is 0 Å². The SMILES string of the molecule is CN(Cc1cccnc1)C1CCCN(c2ccccc2)C1=O. The van der Waals surface area contributed by atoms with E-state index in [0.717, 1.165) is 37.2 Å². The molecule has 3 rings (SSSR count). The highest BCUT2D eigenvalue weighted by Gasteiger charge is 2.32. The average Bonchev–Trinajstić information content (AvgIpc) is 2.56. The van der Waals surface area contributed by atoms with Gasteiger partial charge in [-0.1, -0.05) is 24.3 Å². The van der Waals surface area contributed by atoms with Crippen LogP contribution in [0.2, 0.25) is 0 Å². The molecule has 1 aromatic carbocycles. The molecule has 4 nitrogen and oxygen atoms in total. The van der Waals surface area contributed by atoms with E-state index in [1.807, 2.05) is 60.6 Å². The minimum atomic E-state index is -0.0610. The number of hydrogen-bond acceptors (Lipinski definition) is 3. The molecule has 4 heteroatoms. The normalized spacial score (nSPS) is 18.7. The predicted octanol–water partition coefficient (Wildman–Crippen LogP) is 2.71. The Kier molecular flexibility index (Phi) is 4.49. The van der Waals surface area contributed by atoms with Crippen molar-refractivity contribution in [2.45, 2.75) is 25.4 Å². The average molecular weight is 295 g/mol. The summed E-state index contributed by atoms with van der Waals surface area (Å²) in [6.07, 6.45) is 5.58. The van der Waals surface area contributed by atoms with Gasteiger partial charge in [-0.05, 0) is 43.7 Å². The Labute approximate surface area is 131 Å². The van der Waals surface area contributed by atoms with Gasteiger partial charge < -0.3 is 4.90 Å². The highest BCUT2D eigenvalue weighted by atomic mass is 16.2. The molecule has 0 radical (unpaired) electrons. The van der Waals surface area contributed by atoms with Crippen LogP contribution in [0, 0.1) is 0 Å². The van der Waals surface area contributed by atoms with E-state index in [9.17, 15) is 4.79 Å². The van der Waals surface area contributed by atoms with Crippen molar-refractivity contribution in [3.05, 3.63) is 60.4 Å². The van der Waals surface area contributed by atoms with Crippen molar-refractivity contribution in [1.82, 2.24) is 9.88 Å². The number of pyridine rings is 1. The second-order valence-corrected chi connectivity index (χ2v) is 5.76. The van der Waals surface area contributed by atoms with Crippen LogP contribution in [0.4, 0.5) is 5.69 Å². The van der Waals surface area contributed by atoms with Crippen molar-refractivity contribution in [2.24, 2.45) is 0 Å². The van der Waals surface area contributed by atoms with Gasteiger partial charge in [0.1, 0.15) is 0 Å². The predicted molar refractivity (Wildman–Crippen MR) is 87.5 cm³/mol. The second kappa shape index (κ2) is 6.71.